The minimum atomic E-state index is -3.91. The predicted molar refractivity (Wildman–Crippen MR) is 82.2 cm³/mol. The van der Waals surface area contributed by atoms with Crippen LogP contribution in [0.25, 0.3) is 0 Å². The number of benzene rings is 1. The third-order valence-electron chi connectivity index (χ3n) is 2.59. The first-order valence-electron chi connectivity index (χ1n) is 5.97. The quantitative estimate of drug-likeness (QED) is 0.679. The van der Waals surface area contributed by atoms with Gasteiger partial charge in [0.1, 0.15) is 0 Å². The topological polar surface area (TPSA) is 104 Å². The smallest absolute Gasteiger partial charge is 0.337 e. The second kappa shape index (κ2) is 7.06. The molecule has 0 amide bonds. The molecule has 0 fully saturated rings. The third kappa shape index (κ3) is 4.93. The van der Waals surface area contributed by atoms with Gasteiger partial charge in [0.2, 0.25) is 10.0 Å². The molecule has 21 heavy (non-hydrogen) atoms. The summed E-state index contributed by atoms with van der Waals surface area (Å²) in [5, 5.41) is 18.2. The number of hydrogen-bond donors (Lipinski definition) is 3. The summed E-state index contributed by atoms with van der Waals surface area (Å²) in [6.45, 7) is 3.15. The van der Waals surface area contributed by atoms with Crippen LogP contribution in [0.5, 0.6) is 0 Å². The number of nitrogens with one attached hydrogen (secondary N) is 1. The zero-order valence-corrected chi connectivity index (χ0v) is 14.5. The Balaban J connectivity index is 3.17. The number of carboxylic acid groups (broad SMARTS) is 1. The largest absolute Gasteiger partial charge is 0.478 e. The van der Waals surface area contributed by atoms with E-state index in [0.29, 0.717) is 0 Å². The van der Waals surface area contributed by atoms with Gasteiger partial charge in [0.25, 0.3) is 0 Å². The van der Waals surface area contributed by atoms with Gasteiger partial charge >= 0.3 is 5.97 Å². The van der Waals surface area contributed by atoms with Gasteiger partial charge in [-0.2, -0.15) is 0 Å². The Morgan fingerprint density at radius 2 is 2.00 bits per heavy atom. The lowest BCUT2D eigenvalue weighted by atomic mass is 10.2. The Morgan fingerprint density at radius 3 is 2.48 bits per heavy atom. The molecule has 3 N–H and O–H groups in total. The molecule has 9 heteroatoms. The van der Waals surface area contributed by atoms with E-state index in [1.54, 1.807) is 13.8 Å². The molecule has 0 aromatic heterocycles. The fourth-order valence-corrected chi connectivity index (χ4v) is 3.88. The number of rotatable bonds is 6. The van der Waals surface area contributed by atoms with Gasteiger partial charge in [0.05, 0.1) is 21.6 Å². The molecule has 1 aromatic rings. The summed E-state index contributed by atoms with van der Waals surface area (Å²) in [6, 6.07) is 1.72. The van der Waals surface area contributed by atoms with Crippen LogP contribution in [0, 0.1) is 0 Å². The summed E-state index contributed by atoms with van der Waals surface area (Å²) < 4.78 is 27.0. The van der Waals surface area contributed by atoms with Crippen molar-refractivity contribution in [2.75, 3.05) is 0 Å². The summed E-state index contributed by atoms with van der Waals surface area (Å²) in [5.41, 5.74) is -0.311. The first-order valence-corrected chi connectivity index (χ1v) is 8.62. The Bertz CT molecular complexity index is 647. The lowest BCUT2D eigenvalue weighted by Gasteiger charge is -2.16. The second-order valence-corrected chi connectivity index (χ2v) is 7.63. The minimum absolute atomic E-state index is 0.0709. The number of aromatic carboxylic acids is 1. The number of carboxylic acids is 1. The van der Waals surface area contributed by atoms with Crippen molar-refractivity contribution < 1.29 is 23.4 Å². The minimum Gasteiger partial charge on any atom is -0.478 e. The molecule has 0 aliphatic rings. The van der Waals surface area contributed by atoms with E-state index in [2.05, 4.69) is 20.7 Å². The van der Waals surface area contributed by atoms with E-state index in [1.807, 2.05) is 0 Å². The Morgan fingerprint density at radius 1 is 1.43 bits per heavy atom. The molecule has 0 radical (unpaired) electrons. The van der Waals surface area contributed by atoms with Crippen LogP contribution in [0.3, 0.4) is 0 Å². The zero-order chi connectivity index (χ0) is 16.4. The van der Waals surface area contributed by atoms with E-state index in [4.69, 9.17) is 16.7 Å². The highest BCUT2D eigenvalue weighted by Crippen LogP contribution is 2.30. The molecule has 1 aromatic carbocycles. The molecule has 0 saturated heterocycles. The van der Waals surface area contributed by atoms with Crippen LogP contribution >= 0.6 is 27.5 Å². The highest BCUT2D eigenvalue weighted by Gasteiger charge is 2.23. The van der Waals surface area contributed by atoms with Gasteiger partial charge in [-0.15, -0.1) is 0 Å². The third-order valence-corrected chi connectivity index (χ3v) is 5.42. The maximum absolute atomic E-state index is 12.2. The van der Waals surface area contributed by atoms with Crippen LogP contribution in [0.1, 0.15) is 30.6 Å². The maximum Gasteiger partial charge on any atom is 0.337 e. The fourth-order valence-electron chi connectivity index (χ4n) is 1.77. The molecule has 1 rings (SSSR count). The fraction of sp³-hybridized carbons (Fsp3) is 0.417. The van der Waals surface area contributed by atoms with Crippen molar-refractivity contribution in [3.63, 3.8) is 0 Å². The van der Waals surface area contributed by atoms with Crippen LogP contribution in [0.15, 0.2) is 21.5 Å². The zero-order valence-electron chi connectivity index (χ0n) is 11.3. The number of halogens is 2. The first kappa shape index (κ1) is 18.4. The molecule has 0 saturated carbocycles. The van der Waals surface area contributed by atoms with Gasteiger partial charge in [-0.3, -0.25) is 0 Å². The van der Waals surface area contributed by atoms with Gasteiger partial charge in [-0.1, -0.05) is 11.6 Å². The Labute approximate surface area is 136 Å². The van der Waals surface area contributed by atoms with Crippen LogP contribution < -0.4 is 4.72 Å². The molecule has 118 valence electrons. The van der Waals surface area contributed by atoms with Gasteiger partial charge in [-0.25, -0.2) is 17.9 Å². The van der Waals surface area contributed by atoms with Crippen LogP contribution in [0.2, 0.25) is 5.02 Å². The highest BCUT2D eigenvalue weighted by atomic mass is 79.9. The standard InChI is InChI=1S/C12H15BrClNO5S/c1-6(3-7(2)16)15-21(19,20)8-4-9(12(17)18)11(14)10(13)5-8/h4-7,15-16H,3H2,1-2H3,(H,17,18). The summed E-state index contributed by atoms with van der Waals surface area (Å²) in [7, 11) is -3.91. The molecular formula is C12H15BrClNO5S. The lowest BCUT2D eigenvalue weighted by molar-refractivity contribution is 0.0696. The number of sulfonamides is 1. The van der Waals surface area contributed by atoms with Crippen molar-refractivity contribution in [3.05, 3.63) is 27.2 Å². The lowest BCUT2D eigenvalue weighted by Crippen LogP contribution is -2.34. The van der Waals surface area contributed by atoms with Crippen LogP contribution in [-0.2, 0) is 10.0 Å². The molecule has 6 nitrogen and oxygen atoms in total. The van der Waals surface area contributed by atoms with Crippen molar-refractivity contribution in [1.29, 1.82) is 0 Å². The summed E-state index contributed by atoms with van der Waals surface area (Å²) in [4.78, 5) is 10.9. The van der Waals surface area contributed by atoms with Crippen molar-refractivity contribution in [2.45, 2.75) is 37.3 Å². The molecule has 2 atom stereocenters. The molecule has 2 unspecified atom stereocenters. The number of hydrogen-bond acceptors (Lipinski definition) is 4. The molecule has 0 aliphatic carbocycles. The van der Waals surface area contributed by atoms with Crippen LogP contribution in [0.4, 0.5) is 0 Å². The molecule has 0 heterocycles. The monoisotopic (exact) mass is 399 g/mol. The average molecular weight is 401 g/mol. The normalized spacial score (nSPS) is 14.7. The van der Waals surface area contributed by atoms with E-state index in [-0.39, 0.29) is 26.4 Å². The maximum atomic E-state index is 12.2. The van der Waals surface area contributed by atoms with E-state index < -0.39 is 28.1 Å². The van der Waals surface area contributed by atoms with Gasteiger partial charge in [-0.05, 0) is 48.3 Å². The SMILES string of the molecule is CC(O)CC(C)NS(=O)(=O)c1cc(Br)c(Cl)c(C(=O)O)c1. The number of carbonyl (C=O) groups is 1. The van der Waals surface area contributed by atoms with Gasteiger partial charge in [0.15, 0.2) is 0 Å². The summed E-state index contributed by atoms with van der Waals surface area (Å²) in [5.74, 6) is -1.32. The van der Waals surface area contributed by atoms with E-state index in [9.17, 15) is 18.3 Å². The highest BCUT2D eigenvalue weighted by molar-refractivity contribution is 9.10. The van der Waals surface area contributed by atoms with E-state index >= 15 is 0 Å². The van der Waals surface area contributed by atoms with Crippen molar-refractivity contribution >= 4 is 43.5 Å². The Hall–Kier alpha value is -0.670. The second-order valence-electron chi connectivity index (χ2n) is 4.68. The van der Waals surface area contributed by atoms with Crippen LogP contribution in [-0.4, -0.2) is 36.7 Å². The molecule has 0 spiro atoms. The van der Waals surface area contributed by atoms with E-state index in [1.165, 1.54) is 6.07 Å². The van der Waals surface area contributed by atoms with Gasteiger partial charge < -0.3 is 10.2 Å². The first-order chi connectivity index (χ1) is 9.54. The summed E-state index contributed by atoms with van der Waals surface area (Å²) >= 11 is 8.85. The van der Waals surface area contributed by atoms with Gasteiger partial charge in [0, 0.05) is 10.5 Å². The predicted octanol–water partition coefficient (Wildman–Crippen LogP) is 2.24. The number of aliphatic hydroxyl groups is 1. The molecule has 0 aliphatic heterocycles. The number of aliphatic hydroxyl groups excluding tert-OH is 1. The molecule has 0 bridgehead atoms. The van der Waals surface area contributed by atoms with E-state index in [0.717, 1.165) is 6.07 Å². The summed E-state index contributed by atoms with van der Waals surface area (Å²) in [6.07, 6.45) is -0.422. The van der Waals surface area contributed by atoms with Crippen molar-refractivity contribution in [1.82, 2.24) is 4.72 Å². The molecular weight excluding hydrogens is 386 g/mol. The van der Waals surface area contributed by atoms with Crippen molar-refractivity contribution in [2.24, 2.45) is 0 Å². The Kier molecular flexibility index (Phi) is 6.18. The average Bonchev–Trinajstić information content (AvgIpc) is 2.29. The van der Waals surface area contributed by atoms with Crippen molar-refractivity contribution in [3.8, 4) is 0 Å².